The number of morpholine rings is 1. The number of carbonyl (C=O) groups is 1. The van der Waals surface area contributed by atoms with E-state index in [0.717, 1.165) is 38.4 Å². The number of nitrogens with one attached hydrogen (secondary N) is 1. The van der Waals surface area contributed by atoms with E-state index in [1.807, 2.05) is 6.26 Å². The van der Waals surface area contributed by atoms with E-state index in [4.69, 9.17) is 10.5 Å². The van der Waals surface area contributed by atoms with E-state index >= 15 is 0 Å². The summed E-state index contributed by atoms with van der Waals surface area (Å²) < 4.78 is 5.62. The highest BCUT2D eigenvalue weighted by Crippen LogP contribution is 2.04. The van der Waals surface area contributed by atoms with E-state index in [0.29, 0.717) is 6.54 Å². The number of ether oxygens (including phenoxy) is 1. The zero-order valence-corrected chi connectivity index (χ0v) is 12.2. The maximum atomic E-state index is 11.7. The van der Waals surface area contributed by atoms with Gasteiger partial charge in [0.05, 0.1) is 18.8 Å². The lowest BCUT2D eigenvalue weighted by Gasteiger charge is -2.32. The van der Waals surface area contributed by atoms with Crippen LogP contribution in [0.4, 0.5) is 0 Å². The molecular formula is C12H25N3O2S. The molecule has 0 aromatic carbocycles. The predicted molar refractivity (Wildman–Crippen MR) is 75.8 cm³/mol. The summed E-state index contributed by atoms with van der Waals surface area (Å²) >= 11 is 1.71. The predicted octanol–water partition coefficient (Wildman–Crippen LogP) is -0.0963. The molecule has 6 heteroatoms. The summed E-state index contributed by atoms with van der Waals surface area (Å²) in [5.74, 6) is 0.847. The first-order chi connectivity index (χ1) is 8.67. The quantitative estimate of drug-likeness (QED) is 0.679. The van der Waals surface area contributed by atoms with Crippen LogP contribution in [0.3, 0.4) is 0 Å². The molecule has 0 bridgehead atoms. The molecule has 3 N–H and O–H groups in total. The lowest BCUT2D eigenvalue weighted by molar-refractivity contribution is -0.123. The van der Waals surface area contributed by atoms with Crippen LogP contribution in [0.15, 0.2) is 0 Å². The van der Waals surface area contributed by atoms with E-state index in [1.165, 1.54) is 0 Å². The molecule has 0 aromatic rings. The molecule has 18 heavy (non-hydrogen) atoms. The van der Waals surface area contributed by atoms with E-state index in [9.17, 15) is 4.79 Å². The van der Waals surface area contributed by atoms with Crippen LogP contribution in [0, 0.1) is 0 Å². The third kappa shape index (κ3) is 5.56. The van der Waals surface area contributed by atoms with E-state index < -0.39 is 6.04 Å². The van der Waals surface area contributed by atoms with Crippen molar-refractivity contribution in [3.05, 3.63) is 0 Å². The molecule has 1 aliphatic heterocycles. The Morgan fingerprint density at radius 3 is 3.11 bits per heavy atom. The minimum Gasteiger partial charge on any atom is -0.374 e. The smallest absolute Gasteiger partial charge is 0.237 e. The zero-order valence-electron chi connectivity index (χ0n) is 11.4. The standard InChI is InChI=1S/C12H25N3O2S/c1-3-15-5-6-17-10(9-15)8-14-12(16)11(13)4-7-18-2/h10-11H,3-9,13H2,1-2H3,(H,14,16)/t10?,11-/m0/s1. The van der Waals surface area contributed by atoms with Gasteiger partial charge in [0.1, 0.15) is 0 Å². The van der Waals surface area contributed by atoms with Crippen LogP contribution in [-0.4, -0.2) is 67.7 Å². The number of likely N-dealkylation sites (N-methyl/N-ethyl adjacent to an activating group) is 1. The number of hydrogen-bond acceptors (Lipinski definition) is 5. The van der Waals surface area contributed by atoms with Crippen LogP contribution in [0.5, 0.6) is 0 Å². The van der Waals surface area contributed by atoms with Gasteiger partial charge in [-0.25, -0.2) is 0 Å². The molecule has 0 spiro atoms. The second kappa shape index (κ2) is 8.74. The van der Waals surface area contributed by atoms with Crippen molar-refractivity contribution in [1.82, 2.24) is 10.2 Å². The maximum Gasteiger partial charge on any atom is 0.237 e. The van der Waals surface area contributed by atoms with Gasteiger partial charge < -0.3 is 15.8 Å². The number of thioether (sulfide) groups is 1. The van der Waals surface area contributed by atoms with Gasteiger partial charge in [-0.15, -0.1) is 0 Å². The van der Waals surface area contributed by atoms with Crippen LogP contribution < -0.4 is 11.1 Å². The highest BCUT2D eigenvalue weighted by Gasteiger charge is 2.21. The third-order valence-electron chi connectivity index (χ3n) is 3.14. The van der Waals surface area contributed by atoms with Gasteiger partial charge in [0, 0.05) is 19.6 Å². The molecule has 1 heterocycles. The normalized spacial score (nSPS) is 22.7. The molecule has 1 fully saturated rings. The Hall–Kier alpha value is -0.300. The van der Waals surface area contributed by atoms with Gasteiger partial charge in [-0.05, 0) is 25.0 Å². The Kier molecular flexibility index (Phi) is 7.65. The molecule has 1 rings (SSSR count). The Balaban J connectivity index is 2.21. The van der Waals surface area contributed by atoms with Gasteiger partial charge in [-0.1, -0.05) is 6.92 Å². The number of rotatable bonds is 7. The summed E-state index contributed by atoms with van der Waals surface area (Å²) in [7, 11) is 0. The first-order valence-electron chi connectivity index (χ1n) is 6.53. The van der Waals surface area contributed by atoms with Crippen molar-refractivity contribution in [2.75, 3.05) is 44.8 Å². The monoisotopic (exact) mass is 275 g/mol. The molecule has 0 saturated carbocycles. The fraction of sp³-hybridized carbons (Fsp3) is 0.917. The van der Waals surface area contributed by atoms with Gasteiger partial charge in [0.15, 0.2) is 0 Å². The second-order valence-electron chi connectivity index (χ2n) is 4.52. The Labute approximate surface area is 114 Å². The Morgan fingerprint density at radius 2 is 2.44 bits per heavy atom. The van der Waals surface area contributed by atoms with Crippen molar-refractivity contribution in [3.63, 3.8) is 0 Å². The van der Waals surface area contributed by atoms with Gasteiger partial charge in [-0.2, -0.15) is 11.8 Å². The maximum absolute atomic E-state index is 11.7. The molecule has 0 aliphatic carbocycles. The average molecular weight is 275 g/mol. The molecule has 0 radical (unpaired) electrons. The highest BCUT2D eigenvalue weighted by atomic mass is 32.2. The zero-order chi connectivity index (χ0) is 13.4. The fourth-order valence-corrected chi connectivity index (χ4v) is 2.40. The average Bonchev–Trinajstić information content (AvgIpc) is 2.42. The highest BCUT2D eigenvalue weighted by molar-refractivity contribution is 7.98. The minimum atomic E-state index is -0.400. The van der Waals surface area contributed by atoms with Crippen LogP contribution >= 0.6 is 11.8 Å². The summed E-state index contributed by atoms with van der Waals surface area (Å²) in [4.78, 5) is 14.1. The van der Waals surface area contributed by atoms with E-state index in [2.05, 4.69) is 17.1 Å². The molecule has 1 unspecified atom stereocenters. The van der Waals surface area contributed by atoms with Crippen molar-refractivity contribution in [3.8, 4) is 0 Å². The summed E-state index contributed by atoms with van der Waals surface area (Å²) in [6.07, 6.45) is 2.83. The van der Waals surface area contributed by atoms with Crippen molar-refractivity contribution >= 4 is 17.7 Å². The van der Waals surface area contributed by atoms with E-state index in [1.54, 1.807) is 11.8 Å². The fourth-order valence-electron chi connectivity index (χ4n) is 1.91. The van der Waals surface area contributed by atoms with Gasteiger partial charge in [0.25, 0.3) is 0 Å². The molecule has 1 aliphatic rings. The molecule has 1 amide bonds. The van der Waals surface area contributed by atoms with Crippen LogP contribution in [0.25, 0.3) is 0 Å². The van der Waals surface area contributed by atoms with E-state index in [-0.39, 0.29) is 12.0 Å². The third-order valence-corrected chi connectivity index (χ3v) is 3.79. The van der Waals surface area contributed by atoms with Crippen LogP contribution in [0.1, 0.15) is 13.3 Å². The van der Waals surface area contributed by atoms with Crippen molar-refractivity contribution in [2.24, 2.45) is 5.73 Å². The summed E-state index contributed by atoms with van der Waals surface area (Å²) in [6.45, 7) is 6.33. The molecule has 1 saturated heterocycles. The molecule has 0 aromatic heterocycles. The molecule has 5 nitrogen and oxygen atoms in total. The lowest BCUT2D eigenvalue weighted by atomic mass is 10.2. The Bertz CT molecular complexity index is 253. The summed E-state index contributed by atoms with van der Waals surface area (Å²) in [5, 5.41) is 2.88. The molecular weight excluding hydrogens is 250 g/mol. The molecule has 106 valence electrons. The second-order valence-corrected chi connectivity index (χ2v) is 5.50. The van der Waals surface area contributed by atoms with Crippen LogP contribution in [0.2, 0.25) is 0 Å². The lowest BCUT2D eigenvalue weighted by Crippen LogP contribution is -2.50. The number of nitrogens with two attached hydrogens (primary N) is 1. The first-order valence-corrected chi connectivity index (χ1v) is 7.93. The van der Waals surface area contributed by atoms with Gasteiger partial charge >= 0.3 is 0 Å². The minimum absolute atomic E-state index is 0.0683. The number of amides is 1. The van der Waals surface area contributed by atoms with Crippen LogP contribution in [-0.2, 0) is 9.53 Å². The van der Waals surface area contributed by atoms with Crippen molar-refractivity contribution in [2.45, 2.75) is 25.5 Å². The van der Waals surface area contributed by atoms with Crippen molar-refractivity contribution < 1.29 is 9.53 Å². The topological polar surface area (TPSA) is 67.6 Å². The summed E-state index contributed by atoms with van der Waals surface area (Å²) in [5.41, 5.74) is 5.80. The number of carbonyl (C=O) groups excluding carboxylic acids is 1. The summed E-state index contributed by atoms with van der Waals surface area (Å²) in [6, 6.07) is -0.400. The first kappa shape index (κ1) is 15.8. The van der Waals surface area contributed by atoms with Crippen molar-refractivity contribution in [1.29, 1.82) is 0 Å². The number of nitrogens with zero attached hydrogens (tertiary/aromatic N) is 1. The number of hydrogen-bond donors (Lipinski definition) is 2. The largest absolute Gasteiger partial charge is 0.374 e. The van der Waals surface area contributed by atoms with Gasteiger partial charge in [-0.3, -0.25) is 9.69 Å². The SMILES string of the molecule is CCN1CCOC(CNC(=O)[C@@H](N)CCSC)C1. The molecule has 2 atom stereocenters. The Morgan fingerprint density at radius 1 is 1.67 bits per heavy atom. The van der Waals surface area contributed by atoms with Gasteiger partial charge in [0.2, 0.25) is 5.91 Å².